The third kappa shape index (κ3) is 5.83. The maximum absolute atomic E-state index is 12.6. The predicted octanol–water partition coefficient (Wildman–Crippen LogP) is 5.61. The van der Waals surface area contributed by atoms with Gasteiger partial charge in [0.25, 0.3) is 5.91 Å². The molecule has 1 N–H and O–H groups in total. The quantitative estimate of drug-likeness (QED) is 0.309. The van der Waals surface area contributed by atoms with Crippen LogP contribution in [0.4, 0.5) is 0 Å². The van der Waals surface area contributed by atoms with Gasteiger partial charge in [-0.15, -0.1) is 0 Å². The molecule has 1 aromatic heterocycles. The van der Waals surface area contributed by atoms with Gasteiger partial charge in [-0.3, -0.25) is 4.79 Å². The fourth-order valence-electron chi connectivity index (χ4n) is 4.16. The highest BCUT2D eigenvalue weighted by Gasteiger charge is 2.14. The largest absolute Gasteiger partial charge is 0.496 e. The summed E-state index contributed by atoms with van der Waals surface area (Å²) in [6, 6.07) is 23.7. The zero-order valence-corrected chi connectivity index (χ0v) is 20.7. The van der Waals surface area contributed by atoms with E-state index in [-0.39, 0.29) is 5.91 Å². The number of ether oxygens (including phenoxy) is 2. The maximum atomic E-state index is 12.6. The molecule has 0 saturated carbocycles. The molecule has 0 bridgehead atoms. The van der Waals surface area contributed by atoms with Gasteiger partial charge in [-0.2, -0.15) is 0 Å². The van der Waals surface area contributed by atoms with Crippen molar-refractivity contribution < 1.29 is 14.3 Å². The van der Waals surface area contributed by atoms with Crippen LogP contribution in [0.5, 0.6) is 11.5 Å². The molecule has 1 heterocycles. The molecular formula is C29H33N3O3. The molecule has 0 aliphatic heterocycles. The van der Waals surface area contributed by atoms with Crippen molar-refractivity contribution in [2.75, 3.05) is 20.3 Å². The van der Waals surface area contributed by atoms with E-state index in [0.29, 0.717) is 43.3 Å². The van der Waals surface area contributed by atoms with E-state index in [1.54, 1.807) is 19.2 Å². The number of fused-ring (bicyclic) bond motifs is 1. The summed E-state index contributed by atoms with van der Waals surface area (Å²) >= 11 is 0. The average molecular weight is 472 g/mol. The summed E-state index contributed by atoms with van der Waals surface area (Å²) in [5.74, 6) is 2.74. The Labute approximate surface area is 206 Å². The molecule has 182 valence electrons. The van der Waals surface area contributed by atoms with Crippen LogP contribution in [-0.4, -0.2) is 35.7 Å². The number of aromatic nitrogens is 2. The summed E-state index contributed by atoms with van der Waals surface area (Å²) in [6.45, 7) is 6.11. The van der Waals surface area contributed by atoms with Gasteiger partial charge in [-0.1, -0.05) is 50.2 Å². The van der Waals surface area contributed by atoms with E-state index in [4.69, 9.17) is 14.5 Å². The Morgan fingerprint density at radius 1 is 1.03 bits per heavy atom. The highest BCUT2D eigenvalue weighted by Crippen LogP contribution is 2.22. The van der Waals surface area contributed by atoms with Gasteiger partial charge in [0.05, 0.1) is 30.3 Å². The van der Waals surface area contributed by atoms with Gasteiger partial charge in [0, 0.05) is 13.0 Å². The Morgan fingerprint density at radius 2 is 1.77 bits per heavy atom. The lowest BCUT2D eigenvalue weighted by atomic mass is 9.99. The van der Waals surface area contributed by atoms with E-state index < -0.39 is 0 Å². The Bertz CT molecular complexity index is 1260. The Morgan fingerprint density at radius 3 is 2.54 bits per heavy atom. The minimum Gasteiger partial charge on any atom is -0.496 e. The summed E-state index contributed by atoms with van der Waals surface area (Å²) in [4.78, 5) is 17.5. The molecule has 6 heteroatoms. The standard InChI is InChI=1S/C29H33N3O3/c1-4-21(2)22-13-15-23(16-14-22)35-20-19-32-26-11-7-6-10-25(26)31-28(32)17-18-30-29(33)24-9-5-8-12-27(24)34-3/h5-16,21H,4,17-20H2,1-3H3,(H,30,33). The van der Waals surface area contributed by atoms with Crippen molar-refractivity contribution >= 4 is 16.9 Å². The molecule has 0 saturated heterocycles. The summed E-state index contributed by atoms with van der Waals surface area (Å²) < 4.78 is 13.5. The van der Waals surface area contributed by atoms with Crippen LogP contribution in [-0.2, 0) is 13.0 Å². The predicted molar refractivity (Wildman–Crippen MR) is 139 cm³/mol. The first kappa shape index (κ1) is 24.3. The number of hydrogen-bond donors (Lipinski definition) is 1. The molecule has 4 rings (SSSR count). The van der Waals surface area contributed by atoms with E-state index in [9.17, 15) is 4.79 Å². The zero-order chi connectivity index (χ0) is 24.6. The van der Waals surface area contributed by atoms with E-state index in [1.165, 1.54) is 5.56 Å². The van der Waals surface area contributed by atoms with Crippen LogP contribution in [0, 0.1) is 0 Å². The number of hydrogen-bond acceptors (Lipinski definition) is 4. The minimum atomic E-state index is -0.158. The molecule has 1 amide bonds. The number of benzene rings is 3. The van der Waals surface area contributed by atoms with Gasteiger partial charge in [-0.25, -0.2) is 4.98 Å². The van der Waals surface area contributed by atoms with E-state index >= 15 is 0 Å². The van der Waals surface area contributed by atoms with Gasteiger partial charge in [0.1, 0.15) is 23.9 Å². The van der Waals surface area contributed by atoms with Crippen molar-refractivity contribution in [1.82, 2.24) is 14.9 Å². The SMILES string of the molecule is CCC(C)c1ccc(OCCn2c(CCNC(=O)c3ccccc3OC)nc3ccccc32)cc1. The lowest BCUT2D eigenvalue weighted by Gasteiger charge is -2.13. The van der Waals surface area contributed by atoms with Gasteiger partial charge >= 0.3 is 0 Å². The average Bonchev–Trinajstić information content (AvgIpc) is 3.25. The van der Waals surface area contributed by atoms with E-state index in [1.807, 2.05) is 42.5 Å². The summed E-state index contributed by atoms with van der Waals surface area (Å²) in [7, 11) is 1.57. The van der Waals surface area contributed by atoms with E-state index in [2.05, 4.69) is 41.9 Å². The monoisotopic (exact) mass is 471 g/mol. The van der Waals surface area contributed by atoms with Crippen LogP contribution < -0.4 is 14.8 Å². The number of rotatable bonds is 11. The van der Waals surface area contributed by atoms with Crippen molar-refractivity contribution in [3.8, 4) is 11.5 Å². The highest BCUT2D eigenvalue weighted by molar-refractivity contribution is 5.96. The molecule has 4 aromatic rings. The second-order valence-electron chi connectivity index (χ2n) is 8.60. The molecule has 6 nitrogen and oxygen atoms in total. The topological polar surface area (TPSA) is 65.4 Å². The van der Waals surface area contributed by atoms with E-state index in [0.717, 1.165) is 29.0 Å². The second-order valence-corrected chi connectivity index (χ2v) is 8.60. The van der Waals surface area contributed by atoms with Crippen LogP contribution >= 0.6 is 0 Å². The number of methoxy groups -OCH3 is 1. The lowest BCUT2D eigenvalue weighted by molar-refractivity contribution is 0.0951. The smallest absolute Gasteiger partial charge is 0.255 e. The van der Waals surface area contributed by atoms with Crippen molar-refractivity contribution in [3.05, 3.63) is 89.7 Å². The number of carbonyl (C=O) groups is 1. The molecule has 3 aromatic carbocycles. The second kappa shape index (κ2) is 11.6. The Balaban J connectivity index is 1.40. The van der Waals surface area contributed by atoms with Crippen molar-refractivity contribution in [2.45, 2.75) is 39.2 Å². The fraction of sp³-hybridized carbons (Fsp3) is 0.310. The number of para-hydroxylation sites is 3. The third-order valence-corrected chi connectivity index (χ3v) is 6.36. The first-order chi connectivity index (χ1) is 17.1. The Hall–Kier alpha value is -3.80. The van der Waals surface area contributed by atoms with Crippen LogP contribution in [0.25, 0.3) is 11.0 Å². The first-order valence-corrected chi connectivity index (χ1v) is 12.2. The first-order valence-electron chi connectivity index (χ1n) is 12.2. The lowest BCUT2D eigenvalue weighted by Crippen LogP contribution is -2.27. The minimum absolute atomic E-state index is 0.158. The van der Waals surface area contributed by atoms with Crippen molar-refractivity contribution in [2.24, 2.45) is 0 Å². The molecular weight excluding hydrogens is 438 g/mol. The highest BCUT2D eigenvalue weighted by atomic mass is 16.5. The number of nitrogens with one attached hydrogen (secondary N) is 1. The molecule has 35 heavy (non-hydrogen) atoms. The number of nitrogens with zero attached hydrogens (tertiary/aromatic N) is 2. The number of imidazole rings is 1. The molecule has 0 aliphatic rings. The van der Waals surface area contributed by atoms with Crippen LogP contribution in [0.1, 0.15) is 47.9 Å². The zero-order valence-electron chi connectivity index (χ0n) is 20.7. The van der Waals surface area contributed by atoms with Gasteiger partial charge < -0.3 is 19.4 Å². The molecule has 1 unspecified atom stereocenters. The van der Waals surface area contributed by atoms with Crippen molar-refractivity contribution in [3.63, 3.8) is 0 Å². The number of amides is 1. The van der Waals surface area contributed by atoms with Crippen LogP contribution in [0.15, 0.2) is 72.8 Å². The molecule has 1 atom stereocenters. The normalized spacial score (nSPS) is 11.9. The fourth-order valence-corrected chi connectivity index (χ4v) is 4.16. The maximum Gasteiger partial charge on any atom is 0.255 e. The van der Waals surface area contributed by atoms with Gasteiger partial charge in [-0.05, 0) is 54.3 Å². The molecule has 0 aliphatic carbocycles. The molecule has 0 radical (unpaired) electrons. The van der Waals surface area contributed by atoms with Gasteiger partial charge in [0.15, 0.2) is 0 Å². The van der Waals surface area contributed by atoms with Gasteiger partial charge in [0.2, 0.25) is 0 Å². The summed E-state index contributed by atoms with van der Waals surface area (Å²) in [6.07, 6.45) is 1.73. The summed E-state index contributed by atoms with van der Waals surface area (Å²) in [5, 5.41) is 2.99. The van der Waals surface area contributed by atoms with Crippen LogP contribution in [0.2, 0.25) is 0 Å². The molecule has 0 spiro atoms. The Kier molecular flexibility index (Phi) is 8.03. The van der Waals surface area contributed by atoms with Crippen molar-refractivity contribution in [1.29, 1.82) is 0 Å². The van der Waals surface area contributed by atoms with Crippen LogP contribution in [0.3, 0.4) is 0 Å². The number of carbonyl (C=O) groups excluding carboxylic acids is 1. The molecule has 0 fully saturated rings. The third-order valence-electron chi connectivity index (χ3n) is 6.36. The summed E-state index contributed by atoms with van der Waals surface area (Å²) in [5.41, 5.74) is 3.86.